The molecule has 3 N–H and O–H groups in total. The summed E-state index contributed by atoms with van der Waals surface area (Å²) in [5.41, 5.74) is 5.35. The van der Waals surface area contributed by atoms with E-state index in [-0.39, 0.29) is 33.0 Å². The largest absolute Gasteiger partial charge is 0.396 e. The van der Waals surface area contributed by atoms with Gasteiger partial charge in [-0.3, -0.25) is 0 Å². The van der Waals surface area contributed by atoms with Crippen LogP contribution in [0, 0.1) is 23.6 Å². The molecule has 1 saturated carbocycles. The number of anilines is 1. The predicted molar refractivity (Wildman–Crippen MR) is 77.2 cm³/mol. The monoisotopic (exact) mass is 300 g/mol. The maximum atomic E-state index is 13.5. The van der Waals surface area contributed by atoms with Crippen LogP contribution in [0.15, 0.2) is 17.0 Å². The third-order valence-electron chi connectivity index (χ3n) is 4.86. The Hall–Kier alpha value is -1.14. The van der Waals surface area contributed by atoms with E-state index < -0.39 is 15.8 Å². The maximum Gasteiger partial charge on any atom is 0.240 e. The van der Waals surface area contributed by atoms with E-state index in [0.29, 0.717) is 0 Å². The van der Waals surface area contributed by atoms with E-state index in [1.54, 1.807) is 0 Å². The lowest BCUT2D eigenvalue weighted by Crippen LogP contribution is -2.30. The van der Waals surface area contributed by atoms with E-state index in [4.69, 9.17) is 5.73 Å². The first kappa shape index (κ1) is 15.3. The molecular formula is C14H21FN2O2S. The highest BCUT2D eigenvalue weighted by Gasteiger charge is 2.66. The summed E-state index contributed by atoms with van der Waals surface area (Å²) in [6.07, 6.45) is 0. The molecule has 1 aliphatic carbocycles. The quantitative estimate of drug-likeness (QED) is 0.842. The molecule has 0 aliphatic heterocycles. The van der Waals surface area contributed by atoms with Crippen LogP contribution in [-0.2, 0) is 10.0 Å². The Balaban J connectivity index is 2.34. The topological polar surface area (TPSA) is 72.2 Å². The molecule has 0 saturated heterocycles. The van der Waals surface area contributed by atoms with Crippen LogP contribution in [-0.4, -0.2) is 14.5 Å². The van der Waals surface area contributed by atoms with Crippen LogP contribution in [0.4, 0.5) is 10.1 Å². The minimum Gasteiger partial charge on any atom is -0.396 e. The van der Waals surface area contributed by atoms with Crippen LogP contribution >= 0.6 is 0 Å². The third-order valence-corrected chi connectivity index (χ3v) is 6.26. The van der Waals surface area contributed by atoms with E-state index in [1.165, 1.54) is 13.0 Å². The Bertz CT molecular complexity index is 629. The van der Waals surface area contributed by atoms with Gasteiger partial charge in [-0.25, -0.2) is 17.5 Å². The second-order valence-corrected chi connectivity index (χ2v) is 8.36. The molecule has 0 spiro atoms. The molecule has 2 rings (SSSR count). The molecule has 1 aliphatic rings. The van der Waals surface area contributed by atoms with Crippen LogP contribution < -0.4 is 10.5 Å². The van der Waals surface area contributed by atoms with Gasteiger partial charge in [-0.15, -0.1) is 0 Å². The molecule has 0 atom stereocenters. The normalized spacial score (nSPS) is 20.9. The highest BCUT2D eigenvalue weighted by molar-refractivity contribution is 7.89. The molecule has 20 heavy (non-hydrogen) atoms. The number of sulfonamides is 1. The number of nitrogens with one attached hydrogen (secondary N) is 1. The molecule has 6 heteroatoms. The smallest absolute Gasteiger partial charge is 0.240 e. The molecule has 4 nitrogen and oxygen atoms in total. The van der Waals surface area contributed by atoms with Crippen molar-refractivity contribution in [3.8, 4) is 0 Å². The van der Waals surface area contributed by atoms with Crippen molar-refractivity contribution in [1.29, 1.82) is 0 Å². The zero-order valence-corrected chi connectivity index (χ0v) is 13.2. The zero-order chi connectivity index (χ0) is 15.5. The second kappa shape index (κ2) is 4.18. The Morgan fingerprint density at radius 3 is 2.10 bits per heavy atom. The van der Waals surface area contributed by atoms with E-state index >= 15 is 0 Å². The van der Waals surface area contributed by atoms with Crippen LogP contribution in [0.2, 0.25) is 0 Å². The summed E-state index contributed by atoms with van der Waals surface area (Å²) in [4.78, 5) is 0.00685. The first-order valence-electron chi connectivity index (χ1n) is 6.49. The first-order valence-corrected chi connectivity index (χ1v) is 7.97. The summed E-state index contributed by atoms with van der Waals surface area (Å²) in [7, 11) is -3.70. The fraction of sp³-hybridized carbons (Fsp3) is 0.571. The predicted octanol–water partition coefficient (Wildman–Crippen LogP) is 2.43. The summed E-state index contributed by atoms with van der Waals surface area (Å²) in [5.74, 6) is -0.573. The lowest BCUT2D eigenvalue weighted by atomic mass is 10.0. The summed E-state index contributed by atoms with van der Waals surface area (Å²) < 4.78 is 40.9. The number of hydrogen-bond donors (Lipinski definition) is 2. The number of aryl methyl sites for hydroxylation is 1. The van der Waals surface area contributed by atoms with Crippen molar-refractivity contribution in [2.24, 2.45) is 10.8 Å². The average Bonchev–Trinajstić information content (AvgIpc) is 2.67. The van der Waals surface area contributed by atoms with Gasteiger partial charge in [0.2, 0.25) is 10.0 Å². The van der Waals surface area contributed by atoms with Gasteiger partial charge in [-0.2, -0.15) is 0 Å². The average molecular weight is 300 g/mol. The summed E-state index contributed by atoms with van der Waals surface area (Å²) in [5, 5.41) is 0. The van der Waals surface area contributed by atoms with E-state index in [9.17, 15) is 12.8 Å². The molecule has 0 radical (unpaired) electrons. The van der Waals surface area contributed by atoms with E-state index in [2.05, 4.69) is 4.72 Å². The van der Waals surface area contributed by atoms with Gasteiger partial charge in [0.05, 0.1) is 10.6 Å². The van der Waals surface area contributed by atoms with Gasteiger partial charge in [0.25, 0.3) is 0 Å². The highest BCUT2D eigenvalue weighted by Crippen LogP contribution is 2.62. The van der Waals surface area contributed by atoms with Crippen LogP contribution in [0.3, 0.4) is 0 Å². The molecule has 112 valence electrons. The maximum absolute atomic E-state index is 13.5. The Labute approximate surface area is 119 Å². The number of halogens is 1. The molecular weight excluding hydrogens is 279 g/mol. The summed E-state index contributed by atoms with van der Waals surface area (Å²) in [6, 6.07) is 2.32. The lowest BCUT2D eigenvalue weighted by Gasteiger charge is -2.10. The SMILES string of the molecule is Cc1cc(S(=O)(=O)NC2C(C)(C)C2(C)C)cc(N)c1F. The van der Waals surface area contributed by atoms with Gasteiger partial charge < -0.3 is 5.73 Å². The van der Waals surface area contributed by atoms with Crippen molar-refractivity contribution in [1.82, 2.24) is 4.72 Å². The summed E-state index contributed by atoms with van der Waals surface area (Å²) >= 11 is 0. The molecule has 0 bridgehead atoms. The fourth-order valence-corrected chi connectivity index (χ4v) is 4.28. The molecule has 0 aromatic heterocycles. The van der Waals surface area contributed by atoms with Crippen molar-refractivity contribution in [2.45, 2.75) is 45.6 Å². The minimum atomic E-state index is -3.70. The Morgan fingerprint density at radius 1 is 1.20 bits per heavy atom. The Kier molecular flexibility index (Phi) is 3.19. The van der Waals surface area contributed by atoms with Gasteiger partial charge in [-0.1, -0.05) is 27.7 Å². The van der Waals surface area contributed by atoms with Gasteiger partial charge in [0.1, 0.15) is 5.82 Å². The number of rotatable bonds is 3. The van der Waals surface area contributed by atoms with E-state index in [1.807, 2.05) is 27.7 Å². The van der Waals surface area contributed by atoms with Gasteiger partial charge >= 0.3 is 0 Å². The molecule has 1 aromatic rings. The van der Waals surface area contributed by atoms with Crippen molar-refractivity contribution in [2.75, 3.05) is 5.73 Å². The van der Waals surface area contributed by atoms with Gasteiger partial charge in [0.15, 0.2) is 0 Å². The number of nitrogen functional groups attached to an aromatic ring is 1. The first-order chi connectivity index (χ1) is 8.91. The van der Waals surface area contributed by atoms with Crippen molar-refractivity contribution in [3.63, 3.8) is 0 Å². The molecule has 1 fully saturated rings. The van der Waals surface area contributed by atoms with Crippen molar-refractivity contribution >= 4 is 15.7 Å². The van der Waals surface area contributed by atoms with Gasteiger partial charge in [0, 0.05) is 6.04 Å². The lowest BCUT2D eigenvalue weighted by molar-refractivity contribution is 0.457. The van der Waals surface area contributed by atoms with Gasteiger partial charge in [-0.05, 0) is 35.4 Å². The molecule has 0 heterocycles. The second-order valence-electron chi connectivity index (χ2n) is 6.64. The minimum absolute atomic E-state index is 0.00685. The van der Waals surface area contributed by atoms with E-state index in [0.717, 1.165) is 6.07 Å². The zero-order valence-electron chi connectivity index (χ0n) is 12.4. The standard InChI is InChI=1S/C14H21FN2O2S/c1-8-6-9(7-10(16)11(8)15)20(18,19)17-12-13(2,3)14(12,4)5/h6-7,12,17H,16H2,1-5H3. The molecule has 0 unspecified atom stereocenters. The molecule has 0 amide bonds. The Morgan fingerprint density at radius 2 is 1.70 bits per heavy atom. The number of benzene rings is 1. The molecule has 1 aromatic carbocycles. The van der Waals surface area contributed by atoms with Crippen LogP contribution in [0.25, 0.3) is 0 Å². The van der Waals surface area contributed by atoms with Crippen molar-refractivity contribution < 1.29 is 12.8 Å². The highest BCUT2D eigenvalue weighted by atomic mass is 32.2. The van der Waals surface area contributed by atoms with Crippen molar-refractivity contribution in [3.05, 3.63) is 23.5 Å². The number of hydrogen-bond acceptors (Lipinski definition) is 3. The number of nitrogens with two attached hydrogens (primary N) is 1. The fourth-order valence-electron chi connectivity index (χ4n) is 2.63. The van der Waals surface area contributed by atoms with Crippen LogP contribution in [0.5, 0.6) is 0 Å². The third kappa shape index (κ3) is 2.11. The van der Waals surface area contributed by atoms with Crippen LogP contribution in [0.1, 0.15) is 33.3 Å². The summed E-state index contributed by atoms with van der Waals surface area (Å²) in [6.45, 7) is 9.57.